The molecule has 1 heterocycles. The summed E-state index contributed by atoms with van der Waals surface area (Å²) >= 11 is 0. The lowest BCUT2D eigenvalue weighted by Crippen LogP contribution is -2.51. The molecule has 2 amide bonds. The molecule has 0 bridgehead atoms. The van der Waals surface area contributed by atoms with Gasteiger partial charge >= 0.3 is 12.1 Å². The monoisotopic (exact) mass is 457 g/mol. The average molecular weight is 457 g/mol. The molecule has 0 aliphatic carbocycles. The number of amides is 2. The Kier molecular flexibility index (Phi) is 7.37. The first kappa shape index (κ1) is 23.8. The summed E-state index contributed by atoms with van der Waals surface area (Å²) in [6.07, 6.45) is -1.39. The van der Waals surface area contributed by atoms with Gasteiger partial charge in [0.2, 0.25) is 5.91 Å². The molecule has 2 aromatic rings. The number of hydrogen-bond acceptors (Lipinski definition) is 7. The lowest BCUT2D eigenvalue weighted by molar-refractivity contribution is -0.136. The number of carboxylic acid groups (broad SMARTS) is 1. The van der Waals surface area contributed by atoms with Gasteiger partial charge in [0.05, 0.1) is 32.2 Å². The first-order chi connectivity index (χ1) is 15.8. The maximum atomic E-state index is 13.2. The van der Waals surface area contributed by atoms with Crippen LogP contribution in [0.4, 0.5) is 10.5 Å². The summed E-state index contributed by atoms with van der Waals surface area (Å²) in [5.41, 5.74) is 6.56. The lowest BCUT2D eigenvalue weighted by Gasteiger charge is -2.34. The molecular weight excluding hydrogens is 430 g/mol. The van der Waals surface area contributed by atoms with Crippen molar-refractivity contribution in [3.05, 3.63) is 35.4 Å². The first-order valence-electron chi connectivity index (χ1n) is 10.6. The Morgan fingerprint density at radius 1 is 1.03 bits per heavy atom. The molecule has 176 valence electrons. The normalized spacial score (nSPS) is 13.6. The summed E-state index contributed by atoms with van der Waals surface area (Å²) in [6, 6.07) is 6.95. The fraction of sp³-hybridized carbons (Fsp3) is 0.391. The molecule has 0 spiro atoms. The quantitative estimate of drug-likeness (QED) is 0.365. The van der Waals surface area contributed by atoms with Gasteiger partial charge in [-0.25, -0.2) is 4.79 Å². The first-order valence-corrected chi connectivity index (χ1v) is 10.6. The second kappa shape index (κ2) is 10.2. The highest BCUT2D eigenvalue weighted by Gasteiger charge is 2.29. The van der Waals surface area contributed by atoms with E-state index in [1.54, 1.807) is 31.2 Å². The number of benzene rings is 2. The standard InChI is InChI=1S/C23H27N3O7/c1-3-33-23(31)26-10-8-25(9-11-26)18(28)13-17(27)20-16(12-19(29)30)22(32-2)15-7-5-4-6-14(15)21(20)24/h4-7H,3,8-13,24H2,1-2H3,(H,29,30). The molecule has 10 nitrogen and oxygen atoms in total. The number of carbonyl (C=O) groups excluding carboxylic acids is 3. The lowest BCUT2D eigenvalue weighted by atomic mass is 9.91. The number of ketones is 1. The van der Waals surface area contributed by atoms with Crippen molar-refractivity contribution in [2.45, 2.75) is 19.8 Å². The number of fused-ring (bicyclic) bond motifs is 1. The summed E-state index contributed by atoms with van der Waals surface area (Å²) in [7, 11) is 1.39. The molecular formula is C23H27N3O7. The number of carboxylic acids is 1. The van der Waals surface area contributed by atoms with Crippen molar-refractivity contribution in [2.24, 2.45) is 0 Å². The van der Waals surface area contributed by atoms with Crippen molar-refractivity contribution in [1.82, 2.24) is 9.80 Å². The minimum Gasteiger partial charge on any atom is -0.496 e. The molecule has 3 N–H and O–H groups in total. The second-order valence-corrected chi connectivity index (χ2v) is 7.58. The van der Waals surface area contributed by atoms with E-state index in [2.05, 4.69) is 0 Å². The predicted molar refractivity (Wildman–Crippen MR) is 120 cm³/mol. The highest BCUT2D eigenvalue weighted by Crippen LogP contribution is 2.39. The molecule has 1 aliphatic rings. The zero-order valence-corrected chi connectivity index (χ0v) is 18.6. The third kappa shape index (κ3) is 5.00. The third-order valence-electron chi connectivity index (χ3n) is 5.59. The van der Waals surface area contributed by atoms with E-state index in [0.717, 1.165) is 0 Å². The van der Waals surface area contributed by atoms with Gasteiger partial charge in [0.1, 0.15) is 5.75 Å². The highest BCUT2D eigenvalue weighted by atomic mass is 16.6. The number of methoxy groups -OCH3 is 1. The van der Waals surface area contributed by atoms with Crippen LogP contribution in [-0.2, 0) is 20.7 Å². The van der Waals surface area contributed by atoms with Crippen molar-refractivity contribution in [3.8, 4) is 5.75 Å². The zero-order valence-electron chi connectivity index (χ0n) is 18.6. The molecule has 2 aromatic carbocycles. The van der Waals surface area contributed by atoms with Crippen LogP contribution < -0.4 is 10.5 Å². The number of nitrogen functional groups attached to an aromatic ring is 1. The van der Waals surface area contributed by atoms with Crippen molar-refractivity contribution < 1.29 is 33.8 Å². The average Bonchev–Trinajstić information content (AvgIpc) is 2.79. The molecule has 33 heavy (non-hydrogen) atoms. The van der Waals surface area contributed by atoms with E-state index in [9.17, 15) is 24.3 Å². The van der Waals surface area contributed by atoms with Gasteiger partial charge in [0.25, 0.3) is 0 Å². The molecule has 0 saturated carbocycles. The number of ether oxygens (including phenoxy) is 2. The Morgan fingerprint density at radius 2 is 1.64 bits per heavy atom. The Labute approximate surface area is 190 Å². The predicted octanol–water partition coefficient (Wildman–Crippen LogP) is 1.93. The van der Waals surface area contributed by atoms with Crippen LogP contribution in [0, 0.1) is 0 Å². The van der Waals surface area contributed by atoms with E-state index < -0.39 is 36.6 Å². The molecule has 1 saturated heterocycles. The van der Waals surface area contributed by atoms with Crippen molar-refractivity contribution in [2.75, 3.05) is 45.6 Å². The number of rotatable bonds is 7. The number of aliphatic carboxylic acids is 1. The van der Waals surface area contributed by atoms with Crippen LogP contribution in [0.3, 0.4) is 0 Å². The van der Waals surface area contributed by atoms with Crippen LogP contribution in [0.5, 0.6) is 5.75 Å². The van der Waals surface area contributed by atoms with Crippen LogP contribution in [0.25, 0.3) is 10.8 Å². The molecule has 3 rings (SSSR count). The van der Waals surface area contributed by atoms with Crippen LogP contribution in [-0.4, -0.2) is 78.6 Å². The van der Waals surface area contributed by atoms with Gasteiger partial charge in [-0.2, -0.15) is 0 Å². The summed E-state index contributed by atoms with van der Waals surface area (Å²) < 4.78 is 10.4. The molecule has 0 unspecified atom stereocenters. The smallest absolute Gasteiger partial charge is 0.409 e. The molecule has 0 radical (unpaired) electrons. The van der Waals surface area contributed by atoms with Gasteiger partial charge in [0, 0.05) is 48.1 Å². The Balaban J connectivity index is 1.86. The van der Waals surface area contributed by atoms with E-state index in [1.807, 2.05) is 0 Å². The Morgan fingerprint density at radius 3 is 2.21 bits per heavy atom. The zero-order chi connectivity index (χ0) is 24.1. The Bertz CT molecular complexity index is 1090. The van der Waals surface area contributed by atoms with Crippen LogP contribution in [0.2, 0.25) is 0 Å². The van der Waals surface area contributed by atoms with Gasteiger partial charge < -0.3 is 30.1 Å². The summed E-state index contributed by atoms with van der Waals surface area (Å²) in [6.45, 7) is 3.12. The van der Waals surface area contributed by atoms with Gasteiger partial charge in [-0.05, 0) is 6.92 Å². The van der Waals surface area contributed by atoms with Crippen molar-refractivity contribution in [1.29, 1.82) is 0 Å². The van der Waals surface area contributed by atoms with Gasteiger partial charge in [-0.3, -0.25) is 14.4 Å². The topological polar surface area (TPSA) is 139 Å². The number of hydrogen-bond donors (Lipinski definition) is 2. The summed E-state index contributed by atoms with van der Waals surface area (Å²) in [5, 5.41) is 10.6. The second-order valence-electron chi connectivity index (χ2n) is 7.58. The van der Waals surface area contributed by atoms with Crippen molar-refractivity contribution >= 4 is 40.2 Å². The minimum atomic E-state index is -1.15. The maximum Gasteiger partial charge on any atom is 0.409 e. The van der Waals surface area contributed by atoms with E-state index in [1.165, 1.54) is 16.9 Å². The summed E-state index contributed by atoms with van der Waals surface area (Å²) in [5.74, 6) is -1.90. The third-order valence-corrected chi connectivity index (χ3v) is 5.59. The van der Waals surface area contributed by atoms with Crippen LogP contribution in [0.1, 0.15) is 29.3 Å². The van der Waals surface area contributed by atoms with E-state index in [-0.39, 0.29) is 42.3 Å². The number of piperazine rings is 1. The fourth-order valence-corrected chi connectivity index (χ4v) is 4.05. The number of nitrogens with two attached hydrogens (primary N) is 1. The van der Waals surface area contributed by atoms with Crippen LogP contribution in [0.15, 0.2) is 24.3 Å². The minimum absolute atomic E-state index is 0.00791. The largest absolute Gasteiger partial charge is 0.496 e. The molecule has 1 fully saturated rings. The number of Topliss-reactive ketones (excluding diaryl/α,β-unsaturated/α-hetero) is 1. The number of nitrogens with zero attached hydrogens (tertiary/aromatic N) is 2. The van der Waals surface area contributed by atoms with E-state index in [0.29, 0.717) is 23.9 Å². The van der Waals surface area contributed by atoms with E-state index >= 15 is 0 Å². The van der Waals surface area contributed by atoms with Gasteiger partial charge in [-0.1, -0.05) is 24.3 Å². The van der Waals surface area contributed by atoms with E-state index in [4.69, 9.17) is 15.2 Å². The highest BCUT2D eigenvalue weighted by molar-refractivity contribution is 6.17. The molecule has 10 heteroatoms. The SMILES string of the molecule is CCOC(=O)N1CCN(C(=O)CC(=O)c2c(CC(=O)O)c(OC)c3ccccc3c2N)CC1. The fourth-order valence-electron chi connectivity index (χ4n) is 4.05. The number of anilines is 1. The Hall–Kier alpha value is -3.82. The van der Waals surface area contributed by atoms with Crippen molar-refractivity contribution in [3.63, 3.8) is 0 Å². The molecule has 1 aliphatic heterocycles. The van der Waals surface area contributed by atoms with Crippen LogP contribution >= 0.6 is 0 Å². The molecule has 0 aromatic heterocycles. The maximum absolute atomic E-state index is 13.2. The van der Waals surface area contributed by atoms with Gasteiger partial charge in [-0.15, -0.1) is 0 Å². The number of carbonyl (C=O) groups is 4. The van der Waals surface area contributed by atoms with Gasteiger partial charge in [0.15, 0.2) is 5.78 Å². The summed E-state index contributed by atoms with van der Waals surface area (Å²) in [4.78, 5) is 52.4. The molecule has 0 atom stereocenters.